The van der Waals surface area contributed by atoms with E-state index >= 15 is 0 Å². The van der Waals surface area contributed by atoms with Crippen LogP contribution in [0.3, 0.4) is 0 Å². The summed E-state index contributed by atoms with van der Waals surface area (Å²) in [5, 5.41) is 19.3. The van der Waals surface area contributed by atoms with Crippen LogP contribution in [0, 0.1) is 10.1 Å². The lowest BCUT2D eigenvalue weighted by molar-refractivity contribution is -0.384. The third kappa shape index (κ3) is 7.25. The van der Waals surface area contributed by atoms with E-state index in [4.69, 9.17) is 11.6 Å². The van der Waals surface area contributed by atoms with Gasteiger partial charge in [0.05, 0.1) is 31.5 Å². The molecule has 9 nitrogen and oxygen atoms in total. The molecule has 2 amide bonds. The van der Waals surface area contributed by atoms with Crippen LogP contribution in [0.5, 0.6) is 0 Å². The molecule has 0 atom stereocenters. The fraction of sp³-hybridized carbons (Fsp3) is 0.192. The van der Waals surface area contributed by atoms with Gasteiger partial charge in [-0.15, -0.1) is 11.3 Å². The highest BCUT2D eigenvalue weighted by atomic mass is 35.5. The van der Waals surface area contributed by atoms with Gasteiger partial charge in [0.15, 0.2) is 0 Å². The minimum Gasteiger partial charge on any atom is -0.372 e. The van der Waals surface area contributed by atoms with E-state index in [1.807, 2.05) is 24.3 Å². The molecule has 0 aliphatic rings. The van der Waals surface area contributed by atoms with Crippen molar-refractivity contribution in [2.24, 2.45) is 5.10 Å². The number of benzene rings is 2. The molecule has 0 aliphatic heterocycles. The summed E-state index contributed by atoms with van der Waals surface area (Å²) < 4.78 is 0. The quantitative estimate of drug-likeness (QED) is 0.153. The van der Waals surface area contributed by atoms with Crippen LogP contribution in [-0.4, -0.2) is 35.5 Å². The van der Waals surface area contributed by atoms with Gasteiger partial charge in [-0.05, 0) is 56.7 Å². The Kier molecular flexibility index (Phi) is 9.53. The Morgan fingerprint density at radius 2 is 1.81 bits per heavy atom. The van der Waals surface area contributed by atoms with E-state index in [0.29, 0.717) is 16.2 Å². The standard InChI is InChI=1S/C26H26ClN5O4S/c1-4-31(5-2)19-12-10-18(11-13-19)14-23(28-25(33)21-8-6-7-9-22(21)27)26(34)30-29-17(3)24-15-20(16-37-24)32(35)36/h6-16H,4-5H2,1-3H3,(H,28,33)(H,30,34)/b23-14+,29-17+. The third-order valence-electron chi connectivity index (χ3n) is 5.42. The summed E-state index contributed by atoms with van der Waals surface area (Å²) in [6.07, 6.45) is 1.54. The number of hydrogen-bond acceptors (Lipinski definition) is 7. The highest BCUT2D eigenvalue weighted by Gasteiger charge is 2.17. The van der Waals surface area contributed by atoms with E-state index in [2.05, 4.69) is 34.6 Å². The summed E-state index contributed by atoms with van der Waals surface area (Å²) in [7, 11) is 0. The molecule has 2 N–H and O–H groups in total. The van der Waals surface area contributed by atoms with Crippen LogP contribution in [-0.2, 0) is 4.79 Å². The normalized spacial score (nSPS) is 11.7. The van der Waals surface area contributed by atoms with Gasteiger partial charge in [-0.25, -0.2) is 5.43 Å². The summed E-state index contributed by atoms with van der Waals surface area (Å²) in [5.41, 5.74) is 4.64. The number of halogens is 1. The van der Waals surface area contributed by atoms with Crippen molar-refractivity contribution in [1.82, 2.24) is 10.7 Å². The molecule has 192 valence electrons. The maximum atomic E-state index is 13.1. The molecule has 37 heavy (non-hydrogen) atoms. The summed E-state index contributed by atoms with van der Waals surface area (Å²) in [5.74, 6) is -1.22. The highest BCUT2D eigenvalue weighted by molar-refractivity contribution is 7.12. The van der Waals surface area contributed by atoms with Gasteiger partial charge in [-0.2, -0.15) is 5.10 Å². The first-order valence-corrected chi connectivity index (χ1v) is 12.7. The van der Waals surface area contributed by atoms with Gasteiger partial charge in [0.25, 0.3) is 17.5 Å². The molecular formula is C26H26ClN5O4S. The molecule has 2 aromatic carbocycles. The monoisotopic (exact) mass is 539 g/mol. The smallest absolute Gasteiger partial charge is 0.287 e. The molecule has 0 saturated heterocycles. The number of anilines is 1. The van der Waals surface area contributed by atoms with Gasteiger partial charge >= 0.3 is 0 Å². The second kappa shape index (κ2) is 12.8. The Morgan fingerprint density at radius 1 is 1.14 bits per heavy atom. The Hall–Kier alpha value is -4.02. The van der Waals surface area contributed by atoms with E-state index < -0.39 is 16.7 Å². The highest BCUT2D eigenvalue weighted by Crippen LogP contribution is 2.22. The number of amides is 2. The van der Waals surface area contributed by atoms with Crippen LogP contribution in [0.4, 0.5) is 11.4 Å². The molecular weight excluding hydrogens is 514 g/mol. The molecule has 3 aromatic rings. The molecule has 0 aliphatic carbocycles. The molecule has 0 bridgehead atoms. The third-order valence-corrected chi connectivity index (χ3v) is 6.78. The number of rotatable bonds is 10. The van der Waals surface area contributed by atoms with Gasteiger partial charge in [-0.1, -0.05) is 35.9 Å². The summed E-state index contributed by atoms with van der Waals surface area (Å²) in [6.45, 7) is 7.48. The number of thiophene rings is 1. The largest absolute Gasteiger partial charge is 0.372 e. The number of hydrazone groups is 1. The van der Waals surface area contributed by atoms with Crippen molar-refractivity contribution >= 4 is 57.9 Å². The Bertz CT molecular complexity index is 1350. The molecule has 1 heterocycles. The van der Waals surface area contributed by atoms with Crippen molar-refractivity contribution in [3.05, 3.63) is 96.8 Å². The van der Waals surface area contributed by atoms with Crippen molar-refractivity contribution in [2.45, 2.75) is 20.8 Å². The van der Waals surface area contributed by atoms with E-state index in [1.165, 1.54) is 17.5 Å². The molecule has 11 heteroatoms. The van der Waals surface area contributed by atoms with Gasteiger partial charge < -0.3 is 10.2 Å². The average Bonchev–Trinajstić information content (AvgIpc) is 3.39. The number of carbonyl (C=O) groups excluding carboxylic acids is 2. The van der Waals surface area contributed by atoms with Crippen LogP contribution < -0.4 is 15.6 Å². The first-order valence-electron chi connectivity index (χ1n) is 11.4. The minimum absolute atomic E-state index is 0.0470. The first-order chi connectivity index (χ1) is 17.7. The SMILES string of the molecule is CCN(CC)c1ccc(/C=C(/NC(=O)c2ccccc2Cl)C(=O)N/N=C(\C)c2cc([N+](=O)[O-])cs2)cc1. The van der Waals surface area contributed by atoms with Crippen molar-refractivity contribution < 1.29 is 14.5 Å². The number of hydrogen-bond donors (Lipinski definition) is 2. The second-order valence-corrected chi connectivity index (χ2v) is 9.14. The predicted octanol–water partition coefficient (Wildman–Crippen LogP) is 5.47. The molecule has 0 fully saturated rings. The van der Waals surface area contributed by atoms with E-state index in [0.717, 1.165) is 30.1 Å². The summed E-state index contributed by atoms with van der Waals surface area (Å²) in [6, 6.07) is 15.5. The molecule has 3 rings (SSSR count). The van der Waals surface area contributed by atoms with Gasteiger partial charge in [0.2, 0.25) is 0 Å². The molecule has 0 saturated carbocycles. The van der Waals surface area contributed by atoms with Crippen LogP contribution in [0.15, 0.2) is 70.8 Å². The van der Waals surface area contributed by atoms with Crippen molar-refractivity contribution in [1.29, 1.82) is 0 Å². The predicted molar refractivity (Wildman–Crippen MR) is 148 cm³/mol. The second-order valence-electron chi connectivity index (χ2n) is 7.82. The van der Waals surface area contributed by atoms with Crippen molar-refractivity contribution in [3.63, 3.8) is 0 Å². The van der Waals surface area contributed by atoms with Crippen LogP contribution in [0.1, 0.15) is 41.6 Å². The maximum Gasteiger partial charge on any atom is 0.287 e. The topological polar surface area (TPSA) is 117 Å². The zero-order valence-corrected chi connectivity index (χ0v) is 22.1. The zero-order valence-electron chi connectivity index (χ0n) is 20.5. The van der Waals surface area contributed by atoms with Crippen LogP contribution in [0.2, 0.25) is 5.02 Å². The van der Waals surface area contributed by atoms with Gasteiger partial charge in [0, 0.05) is 24.8 Å². The Morgan fingerprint density at radius 3 is 2.41 bits per heavy atom. The lowest BCUT2D eigenvalue weighted by Crippen LogP contribution is -2.33. The lowest BCUT2D eigenvalue weighted by atomic mass is 10.1. The first kappa shape index (κ1) is 27.6. The lowest BCUT2D eigenvalue weighted by Gasteiger charge is -2.21. The van der Waals surface area contributed by atoms with E-state index in [-0.39, 0.29) is 22.0 Å². The molecule has 0 spiro atoms. The number of carbonyl (C=O) groups is 2. The van der Waals surface area contributed by atoms with Gasteiger partial charge in [-0.3, -0.25) is 19.7 Å². The molecule has 0 radical (unpaired) electrons. The van der Waals surface area contributed by atoms with Crippen molar-refractivity contribution in [2.75, 3.05) is 18.0 Å². The maximum absolute atomic E-state index is 13.1. The van der Waals surface area contributed by atoms with Crippen LogP contribution in [0.25, 0.3) is 6.08 Å². The molecule has 0 unspecified atom stereocenters. The summed E-state index contributed by atoms with van der Waals surface area (Å²) in [4.78, 5) is 39.1. The van der Waals surface area contributed by atoms with E-state index in [1.54, 1.807) is 31.2 Å². The zero-order chi connectivity index (χ0) is 26.9. The fourth-order valence-electron chi connectivity index (χ4n) is 3.39. The van der Waals surface area contributed by atoms with Crippen LogP contribution >= 0.6 is 22.9 Å². The average molecular weight is 540 g/mol. The van der Waals surface area contributed by atoms with E-state index in [9.17, 15) is 19.7 Å². The fourth-order valence-corrected chi connectivity index (χ4v) is 4.42. The minimum atomic E-state index is -0.668. The number of nitro groups is 1. The number of nitrogens with one attached hydrogen (secondary N) is 2. The van der Waals surface area contributed by atoms with Crippen molar-refractivity contribution in [3.8, 4) is 0 Å². The summed E-state index contributed by atoms with van der Waals surface area (Å²) >= 11 is 7.30. The van der Waals surface area contributed by atoms with Gasteiger partial charge in [0.1, 0.15) is 5.70 Å². The molecule has 1 aromatic heterocycles. The Labute approximate surface area is 223 Å². The number of nitrogens with zero attached hydrogens (tertiary/aromatic N) is 3. The Balaban J connectivity index is 1.88.